The Hall–Kier alpha value is -3.16. The molecule has 0 saturated carbocycles. The maximum Gasteiger partial charge on any atom is 0.171 e. The van der Waals surface area contributed by atoms with Crippen LogP contribution in [0.3, 0.4) is 0 Å². The van der Waals surface area contributed by atoms with Crippen molar-refractivity contribution < 1.29 is 13.9 Å². The minimum Gasteiger partial charge on any atom is -0.493 e. The number of aryl methyl sites for hydroxylation is 1. The molecule has 1 aliphatic heterocycles. The number of anilines is 1. The number of fused-ring (bicyclic) bond motifs is 1. The molecule has 0 amide bonds. The van der Waals surface area contributed by atoms with E-state index in [2.05, 4.69) is 53.6 Å². The number of hydrogen-bond acceptors (Lipinski definition) is 4. The van der Waals surface area contributed by atoms with Crippen molar-refractivity contribution in [2.24, 2.45) is 0 Å². The summed E-state index contributed by atoms with van der Waals surface area (Å²) in [4.78, 5) is 2.41. The zero-order valence-electron chi connectivity index (χ0n) is 20.6. The summed E-state index contributed by atoms with van der Waals surface area (Å²) >= 11 is 5.67. The van der Waals surface area contributed by atoms with E-state index >= 15 is 0 Å². The number of nitrogens with zero attached hydrogens (tertiary/aromatic N) is 1. The molecule has 4 rings (SSSR count). The summed E-state index contributed by atoms with van der Waals surface area (Å²) in [6.07, 6.45) is 0.881. The van der Waals surface area contributed by atoms with Gasteiger partial charge in [0.15, 0.2) is 16.6 Å². The molecule has 0 saturated heterocycles. The molecule has 1 heterocycles. The summed E-state index contributed by atoms with van der Waals surface area (Å²) in [5, 5.41) is 7.37. The Morgan fingerprint density at radius 3 is 2.49 bits per heavy atom. The van der Waals surface area contributed by atoms with Gasteiger partial charge in [-0.2, -0.15) is 0 Å². The van der Waals surface area contributed by atoms with Crippen LogP contribution < -0.4 is 20.1 Å². The van der Waals surface area contributed by atoms with E-state index in [9.17, 15) is 4.39 Å². The van der Waals surface area contributed by atoms with E-state index in [1.807, 2.05) is 24.3 Å². The highest BCUT2D eigenvalue weighted by molar-refractivity contribution is 7.80. The summed E-state index contributed by atoms with van der Waals surface area (Å²) in [6, 6.07) is 19.0. The molecule has 1 aliphatic rings. The van der Waals surface area contributed by atoms with Crippen LogP contribution in [0.4, 0.5) is 10.1 Å². The predicted octanol–water partition coefficient (Wildman–Crippen LogP) is 5.63. The summed E-state index contributed by atoms with van der Waals surface area (Å²) in [5.74, 6) is 1.20. The highest BCUT2D eigenvalue weighted by Gasteiger charge is 2.33. The Kier molecular flexibility index (Phi) is 7.88. The van der Waals surface area contributed by atoms with Crippen molar-refractivity contribution in [3.8, 4) is 11.5 Å². The third-order valence-electron chi connectivity index (χ3n) is 6.43. The topological polar surface area (TPSA) is 45.8 Å². The average Bonchev–Trinajstić information content (AvgIpc) is 2.84. The molecule has 0 aliphatic carbocycles. The van der Waals surface area contributed by atoms with Crippen LogP contribution in [0.5, 0.6) is 11.5 Å². The van der Waals surface area contributed by atoms with Crippen molar-refractivity contribution >= 4 is 23.0 Å². The molecule has 5 nitrogen and oxygen atoms in total. The van der Waals surface area contributed by atoms with Crippen LogP contribution in [0.15, 0.2) is 60.7 Å². The van der Waals surface area contributed by atoms with E-state index in [0.29, 0.717) is 17.4 Å². The van der Waals surface area contributed by atoms with Crippen LogP contribution in [-0.2, 0) is 13.0 Å². The van der Waals surface area contributed by atoms with Crippen molar-refractivity contribution in [3.63, 3.8) is 0 Å². The molecular formula is C28H32FN3O2S. The smallest absolute Gasteiger partial charge is 0.171 e. The number of methoxy groups -OCH3 is 2. The summed E-state index contributed by atoms with van der Waals surface area (Å²) in [5.41, 5.74) is 5.59. The maximum absolute atomic E-state index is 13.5. The number of halogens is 1. The monoisotopic (exact) mass is 493 g/mol. The first kappa shape index (κ1) is 24.9. The maximum atomic E-state index is 13.5. The highest BCUT2D eigenvalue weighted by atomic mass is 32.1. The third kappa shape index (κ3) is 5.92. The van der Waals surface area contributed by atoms with Crippen molar-refractivity contribution in [1.29, 1.82) is 0 Å². The molecule has 0 spiro atoms. The van der Waals surface area contributed by atoms with Gasteiger partial charge in [-0.3, -0.25) is 4.90 Å². The molecule has 0 radical (unpaired) electrons. The van der Waals surface area contributed by atoms with Crippen LogP contribution in [0.2, 0.25) is 0 Å². The Morgan fingerprint density at radius 1 is 1.09 bits per heavy atom. The van der Waals surface area contributed by atoms with Crippen LogP contribution >= 0.6 is 12.2 Å². The summed E-state index contributed by atoms with van der Waals surface area (Å²) < 4.78 is 24.7. The molecule has 35 heavy (non-hydrogen) atoms. The lowest BCUT2D eigenvalue weighted by Gasteiger charge is -2.41. The number of rotatable bonds is 7. The molecule has 0 aromatic heterocycles. The summed E-state index contributed by atoms with van der Waals surface area (Å²) in [7, 11) is 3.31. The van der Waals surface area contributed by atoms with Gasteiger partial charge in [0.2, 0.25) is 0 Å². The standard InChI is InChI=1S/C28H32FN3O2S/c1-18-6-5-7-23(14-18)31-28(35)30-19(2)27-24-16-26(34-4)25(33-3)15-21(24)12-13-32(27)17-20-8-10-22(29)11-9-20/h5-11,14-16,19,27H,12-13,17H2,1-4H3,(H2,30,31,35)/t19-,27-/m1/s1. The average molecular weight is 494 g/mol. The molecular weight excluding hydrogens is 461 g/mol. The van der Waals surface area contributed by atoms with Crippen LogP contribution in [0.1, 0.15) is 35.2 Å². The van der Waals surface area contributed by atoms with Crippen LogP contribution in [0, 0.1) is 12.7 Å². The number of thiocarbonyl (C=S) groups is 1. The number of benzene rings is 3. The first-order chi connectivity index (χ1) is 16.9. The summed E-state index contributed by atoms with van der Waals surface area (Å²) in [6.45, 7) is 5.74. The number of nitrogens with one attached hydrogen (secondary N) is 2. The highest BCUT2D eigenvalue weighted by Crippen LogP contribution is 2.40. The quantitative estimate of drug-likeness (QED) is 0.416. The van der Waals surface area contributed by atoms with Gasteiger partial charge in [-0.05, 0) is 91.1 Å². The first-order valence-electron chi connectivity index (χ1n) is 11.8. The third-order valence-corrected chi connectivity index (χ3v) is 6.65. The Morgan fingerprint density at radius 2 is 1.80 bits per heavy atom. The zero-order valence-corrected chi connectivity index (χ0v) is 21.4. The number of ether oxygens (including phenoxy) is 2. The van der Waals surface area contributed by atoms with E-state index in [0.717, 1.165) is 30.0 Å². The van der Waals surface area contributed by atoms with Crippen LogP contribution in [-0.4, -0.2) is 36.8 Å². The Labute approximate surface area is 212 Å². The van der Waals surface area contributed by atoms with E-state index < -0.39 is 0 Å². The van der Waals surface area contributed by atoms with Gasteiger partial charge in [0, 0.05) is 24.8 Å². The lowest BCUT2D eigenvalue weighted by atomic mass is 9.87. The molecule has 0 bridgehead atoms. The molecule has 2 atom stereocenters. The van der Waals surface area contributed by atoms with E-state index in [1.165, 1.54) is 28.8 Å². The zero-order chi connectivity index (χ0) is 24.9. The van der Waals surface area contributed by atoms with Gasteiger partial charge in [-0.25, -0.2) is 4.39 Å². The van der Waals surface area contributed by atoms with E-state index in [1.54, 1.807) is 14.2 Å². The SMILES string of the molecule is COc1cc2c(cc1OC)[C@@H]([C@@H](C)NC(=S)Nc1cccc(C)c1)N(Cc1ccc(F)cc1)CC2. The van der Waals surface area contributed by atoms with Gasteiger partial charge in [0.1, 0.15) is 5.82 Å². The van der Waals surface area contributed by atoms with Gasteiger partial charge < -0.3 is 20.1 Å². The minimum absolute atomic E-state index is 0.0147. The Bertz CT molecular complexity index is 1190. The largest absolute Gasteiger partial charge is 0.493 e. The Balaban J connectivity index is 1.62. The van der Waals surface area contributed by atoms with Gasteiger partial charge in [-0.15, -0.1) is 0 Å². The second-order valence-electron chi connectivity index (χ2n) is 8.95. The van der Waals surface area contributed by atoms with Crippen molar-refractivity contribution in [2.75, 3.05) is 26.1 Å². The van der Waals surface area contributed by atoms with Crippen molar-refractivity contribution in [1.82, 2.24) is 10.2 Å². The van der Waals surface area contributed by atoms with Gasteiger partial charge >= 0.3 is 0 Å². The molecule has 2 N–H and O–H groups in total. The molecule has 7 heteroatoms. The van der Waals surface area contributed by atoms with Gasteiger partial charge in [-0.1, -0.05) is 24.3 Å². The molecule has 0 unspecified atom stereocenters. The lowest BCUT2D eigenvalue weighted by molar-refractivity contribution is 0.149. The minimum atomic E-state index is -0.228. The normalized spacial score (nSPS) is 16.2. The molecule has 184 valence electrons. The molecule has 3 aromatic rings. The van der Waals surface area contributed by atoms with Gasteiger partial charge in [0.05, 0.1) is 20.3 Å². The molecule has 0 fully saturated rings. The van der Waals surface area contributed by atoms with Gasteiger partial charge in [0.25, 0.3) is 0 Å². The lowest BCUT2D eigenvalue weighted by Crippen LogP contribution is -2.48. The van der Waals surface area contributed by atoms with Crippen LogP contribution in [0.25, 0.3) is 0 Å². The van der Waals surface area contributed by atoms with Crippen molar-refractivity contribution in [3.05, 3.63) is 88.7 Å². The second kappa shape index (κ2) is 11.1. The fourth-order valence-corrected chi connectivity index (χ4v) is 5.10. The molecule has 3 aromatic carbocycles. The fraction of sp³-hybridized carbons (Fsp3) is 0.321. The predicted molar refractivity (Wildman–Crippen MR) is 143 cm³/mol. The van der Waals surface area contributed by atoms with Crippen molar-refractivity contribution in [2.45, 2.75) is 38.9 Å². The first-order valence-corrected chi connectivity index (χ1v) is 12.2. The fourth-order valence-electron chi connectivity index (χ4n) is 4.79. The second-order valence-corrected chi connectivity index (χ2v) is 9.36. The van der Waals surface area contributed by atoms with E-state index in [4.69, 9.17) is 21.7 Å². The number of hydrogen-bond donors (Lipinski definition) is 2. The van der Waals surface area contributed by atoms with E-state index in [-0.39, 0.29) is 17.9 Å².